The van der Waals surface area contributed by atoms with Crippen LogP contribution in [0, 0.1) is 16.2 Å². The Balaban J connectivity index is 2.15. The maximum absolute atomic E-state index is 11.8. The molecule has 3 fully saturated rings. The zero-order valence-electron chi connectivity index (χ0n) is 7.94. The number of ketones is 1. The molecule has 0 aliphatic heterocycles. The predicted molar refractivity (Wildman–Crippen MR) is 46.7 cm³/mol. The van der Waals surface area contributed by atoms with Crippen LogP contribution in [0.2, 0.25) is 0 Å². The maximum Gasteiger partial charge on any atom is 0.140 e. The summed E-state index contributed by atoms with van der Waals surface area (Å²) in [5.74, 6) is 0.588. The van der Waals surface area contributed by atoms with Gasteiger partial charge in [-0.1, -0.05) is 20.3 Å². The molecule has 0 heterocycles. The van der Waals surface area contributed by atoms with Gasteiger partial charge in [0.15, 0.2) is 0 Å². The molecule has 0 unspecified atom stereocenters. The molecule has 0 aromatic rings. The zero-order valence-corrected chi connectivity index (χ0v) is 7.94. The summed E-state index contributed by atoms with van der Waals surface area (Å²) in [6.45, 7) is 4.59. The molecule has 0 radical (unpaired) electrons. The third-order valence-electron chi connectivity index (χ3n) is 5.03. The Bertz CT molecular complexity index is 279. The van der Waals surface area contributed by atoms with Gasteiger partial charge in [0.05, 0.1) is 0 Å². The highest BCUT2D eigenvalue weighted by molar-refractivity contribution is 5.94. The van der Waals surface area contributed by atoms with Crippen LogP contribution < -0.4 is 0 Å². The van der Waals surface area contributed by atoms with Crippen LogP contribution in [0.15, 0.2) is 0 Å². The van der Waals surface area contributed by atoms with Gasteiger partial charge in [-0.25, -0.2) is 0 Å². The molecule has 0 aromatic carbocycles. The lowest BCUT2D eigenvalue weighted by Crippen LogP contribution is -2.21. The summed E-state index contributed by atoms with van der Waals surface area (Å²) in [6.07, 6.45) is 5.91. The van der Waals surface area contributed by atoms with Crippen LogP contribution in [0.25, 0.3) is 0 Å². The number of Topliss-reactive ketones (excluding diaryl/α,β-unsaturated/α-hetero) is 1. The first-order valence-electron chi connectivity index (χ1n) is 5.08. The second-order valence-electron chi connectivity index (χ2n) is 5.68. The van der Waals surface area contributed by atoms with Gasteiger partial charge in [0.25, 0.3) is 0 Å². The van der Waals surface area contributed by atoms with Gasteiger partial charge in [-0.05, 0) is 30.1 Å². The summed E-state index contributed by atoms with van der Waals surface area (Å²) in [6, 6.07) is 0. The first kappa shape index (κ1) is 7.11. The quantitative estimate of drug-likeness (QED) is 0.537. The fourth-order valence-corrected chi connectivity index (χ4v) is 4.29. The summed E-state index contributed by atoms with van der Waals surface area (Å²) in [5, 5.41) is 0. The molecule has 3 saturated carbocycles. The zero-order chi connectivity index (χ0) is 8.61. The Morgan fingerprint density at radius 3 is 2.58 bits per heavy atom. The molecule has 0 bridgehead atoms. The van der Waals surface area contributed by atoms with Gasteiger partial charge in [-0.3, -0.25) is 4.79 Å². The van der Waals surface area contributed by atoms with Crippen molar-refractivity contribution in [3.63, 3.8) is 0 Å². The fourth-order valence-electron chi connectivity index (χ4n) is 4.29. The Hall–Kier alpha value is -0.330. The van der Waals surface area contributed by atoms with Gasteiger partial charge in [-0.2, -0.15) is 0 Å². The van der Waals surface area contributed by atoms with Crippen molar-refractivity contribution in [2.24, 2.45) is 16.2 Å². The van der Waals surface area contributed by atoms with Crippen molar-refractivity contribution in [1.29, 1.82) is 0 Å². The van der Waals surface area contributed by atoms with Crippen LogP contribution in [0.4, 0.5) is 0 Å². The minimum absolute atomic E-state index is 0.205. The molecule has 12 heavy (non-hydrogen) atoms. The van der Waals surface area contributed by atoms with Crippen LogP contribution in [0.3, 0.4) is 0 Å². The monoisotopic (exact) mass is 164 g/mol. The maximum atomic E-state index is 11.8. The minimum Gasteiger partial charge on any atom is -0.299 e. The molecular weight excluding hydrogens is 148 g/mol. The fraction of sp³-hybridized carbons (Fsp3) is 0.909. The van der Waals surface area contributed by atoms with E-state index >= 15 is 0 Å². The van der Waals surface area contributed by atoms with Crippen LogP contribution in [0.1, 0.15) is 46.0 Å². The van der Waals surface area contributed by atoms with E-state index < -0.39 is 0 Å². The highest BCUT2D eigenvalue weighted by Gasteiger charge is 2.81. The summed E-state index contributed by atoms with van der Waals surface area (Å²) in [5.41, 5.74) is 0.994. The molecule has 0 saturated heterocycles. The number of hydrogen-bond acceptors (Lipinski definition) is 1. The molecule has 1 heteroatoms. The molecule has 3 aliphatic rings. The molecule has 0 amide bonds. The third kappa shape index (κ3) is 0.439. The van der Waals surface area contributed by atoms with Crippen molar-refractivity contribution in [3.8, 4) is 0 Å². The first-order valence-corrected chi connectivity index (χ1v) is 5.08. The van der Waals surface area contributed by atoms with Crippen molar-refractivity contribution in [2.45, 2.75) is 46.0 Å². The molecule has 0 spiro atoms. The summed E-state index contributed by atoms with van der Waals surface area (Å²) >= 11 is 0. The normalized spacial score (nSPS) is 53.7. The topological polar surface area (TPSA) is 17.1 Å². The number of carbonyl (C=O) groups excluding carboxylic acids is 1. The Morgan fingerprint density at radius 1 is 1.25 bits per heavy atom. The van der Waals surface area contributed by atoms with Crippen molar-refractivity contribution in [1.82, 2.24) is 0 Å². The second kappa shape index (κ2) is 1.51. The number of rotatable bonds is 0. The third-order valence-corrected chi connectivity index (χ3v) is 5.03. The van der Waals surface area contributed by atoms with E-state index in [-0.39, 0.29) is 5.41 Å². The highest BCUT2D eigenvalue weighted by atomic mass is 16.1. The van der Waals surface area contributed by atoms with Crippen LogP contribution in [0.5, 0.6) is 0 Å². The van der Waals surface area contributed by atoms with E-state index in [9.17, 15) is 4.79 Å². The van der Waals surface area contributed by atoms with E-state index in [4.69, 9.17) is 0 Å². The predicted octanol–water partition coefficient (Wildman–Crippen LogP) is 2.55. The molecular formula is C11H16O. The standard InChI is InChI=1S/C11H16O/c1-9(2)6-8(12)10-4-3-5-11(9,10)7-10/h3-7H2,1-2H3/t10-,11+/m1/s1. The summed E-state index contributed by atoms with van der Waals surface area (Å²) < 4.78 is 0. The van der Waals surface area contributed by atoms with Crippen molar-refractivity contribution >= 4 is 5.78 Å². The smallest absolute Gasteiger partial charge is 0.140 e. The van der Waals surface area contributed by atoms with E-state index in [0.29, 0.717) is 16.6 Å². The van der Waals surface area contributed by atoms with E-state index in [0.717, 1.165) is 6.42 Å². The van der Waals surface area contributed by atoms with Crippen LogP contribution >= 0.6 is 0 Å². The number of hydrogen-bond donors (Lipinski definition) is 0. The lowest BCUT2D eigenvalue weighted by Gasteiger charge is -2.28. The van der Waals surface area contributed by atoms with E-state index in [2.05, 4.69) is 13.8 Å². The first-order chi connectivity index (χ1) is 5.54. The van der Waals surface area contributed by atoms with Crippen molar-refractivity contribution < 1.29 is 4.79 Å². The van der Waals surface area contributed by atoms with Gasteiger partial charge in [-0.15, -0.1) is 0 Å². The molecule has 2 atom stereocenters. The number of carbonyl (C=O) groups is 1. The molecule has 3 aliphatic carbocycles. The average molecular weight is 164 g/mol. The Kier molecular flexibility index (Phi) is 0.897. The summed E-state index contributed by atoms with van der Waals surface area (Å²) in [7, 11) is 0. The van der Waals surface area contributed by atoms with Gasteiger partial charge >= 0.3 is 0 Å². The molecule has 66 valence electrons. The van der Waals surface area contributed by atoms with Gasteiger partial charge in [0, 0.05) is 11.8 Å². The molecule has 0 N–H and O–H groups in total. The van der Waals surface area contributed by atoms with Gasteiger partial charge < -0.3 is 0 Å². The second-order valence-corrected chi connectivity index (χ2v) is 5.68. The lowest BCUT2D eigenvalue weighted by molar-refractivity contribution is -0.123. The molecule has 3 rings (SSSR count). The van der Waals surface area contributed by atoms with E-state index in [1.807, 2.05) is 0 Å². The molecule has 1 nitrogen and oxygen atoms in total. The van der Waals surface area contributed by atoms with Crippen molar-refractivity contribution in [3.05, 3.63) is 0 Å². The highest BCUT2D eigenvalue weighted by Crippen LogP contribution is 2.85. The van der Waals surface area contributed by atoms with Crippen LogP contribution in [-0.2, 0) is 4.79 Å². The Labute approximate surface area is 73.5 Å². The SMILES string of the molecule is CC1(C)CC(=O)[C@]23CCC[C@]12C3. The van der Waals surface area contributed by atoms with Gasteiger partial charge in [0.2, 0.25) is 0 Å². The van der Waals surface area contributed by atoms with Crippen LogP contribution in [-0.4, -0.2) is 5.78 Å². The lowest BCUT2D eigenvalue weighted by atomic mass is 9.75. The van der Waals surface area contributed by atoms with Crippen molar-refractivity contribution in [2.75, 3.05) is 0 Å². The average Bonchev–Trinajstić information content (AvgIpc) is 2.46. The van der Waals surface area contributed by atoms with E-state index in [1.165, 1.54) is 25.7 Å². The summed E-state index contributed by atoms with van der Waals surface area (Å²) in [4.78, 5) is 11.8. The Morgan fingerprint density at radius 2 is 2.00 bits per heavy atom. The minimum atomic E-state index is 0.205. The molecule has 0 aromatic heterocycles. The van der Waals surface area contributed by atoms with Gasteiger partial charge in [0.1, 0.15) is 5.78 Å². The van der Waals surface area contributed by atoms with E-state index in [1.54, 1.807) is 0 Å². The largest absolute Gasteiger partial charge is 0.299 e.